The summed E-state index contributed by atoms with van der Waals surface area (Å²) >= 11 is 0. The molecule has 0 fully saturated rings. The molecule has 6 heteroatoms. The van der Waals surface area contributed by atoms with Crippen LogP contribution in [0.15, 0.2) is 66.7 Å². The maximum absolute atomic E-state index is 13.9. The number of rotatable bonds is 6. The highest BCUT2D eigenvalue weighted by molar-refractivity contribution is 5.79. The number of carbonyl (C=O) groups excluding carboxylic acids is 1. The van der Waals surface area contributed by atoms with Crippen molar-refractivity contribution in [3.63, 3.8) is 0 Å². The highest BCUT2D eigenvalue weighted by atomic mass is 19.1. The minimum atomic E-state index is -0.773. The van der Waals surface area contributed by atoms with Gasteiger partial charge in [-0.3, -0.25) is 0 Å². The Morgan fingerprint density at radius 3 is 2.34 bits per heavy atom. The van der Waals surface area contributed by atoms with Crippen LogP contribution >= 0.6 is 0 Å². The first-order chi connectivity index (χ1) is 15.6. The maximum Gasteiger partial charge on any atom is 0.407 e. The average Bonchev–Trinajstić information content (AvgIpc) is 3.13. The summed E-state index contributed by atoms with van der Waals surface area (Å²) in [6.07, 6.45) is 2.91. The molecule has 0 aromatic heterocycles. The van der Waals surface area contributed by atoms with Crippen molar-refractivity contribution in [3.8, 4) is 17.2 Å². The second kappa shape index (κ2) is 9.44. The lowest BCUT2D eigenvalue weighted by Gasteiger charge is -2.14. The molecule has 0 unspecified atom stereocenters. The third kappa shape index (κ3) is 4.37. The topological polar surface area (TPSA) is 62.1 Å². The van der Waals surface area contributed by atoms with E-state index in [4.69, 9.17) is 10.00 Å². The maximum atomic E-state index is 13.9. The molecule has 0 aliphatic heterocycles. The standard InChI is InChI=1S/C26H20F2N2O2/c27-24-14-18(15-29)25(28)13-17(24)7-5-6-12-30-26(31)32-16-23-21-10-3-1-8-19(21)20-9-2-4-11-22(20)23/h1-5,7-11,13-14,23H,6,12,16H2,(H,30,31). The summed E-state index contributed by atoms with van der Waals surface area (Å²) in [6.45, 7) is 0.513. The molecule has 0 bridgehead atoms. The van der Waals surface area contributed by atoms with Crippen molar-refractivity contribution in [1.82, 2.24) is 5.32 Å². The summed E-state index contributed by atoms with van der Waals surface area (Å²) in [6, 6.07) is 19.6. The predicted molar refractivity (Wildman–Crippen MR) is 118 cm³/mol. The van der Waals surface area contributed by atoms with Crippen LogP contribution in [0, 0.1) is 23.0 Å². The molecule has 0 radical (unpaired) electrons. The van der Waals surface area contributed by atoms with Crippen LogP contribution in [0.1, 0.15) is 34.6 Å². The van der Waals surface area contributed by atoms with Gasteiger partial charge in [-0.2, -0.15) is 5.26 Å². The van der Waals surface area contributed by atoms with E-state index in [-0.39, 0.29) is 30.2 Å². The summed E-state index contributed by atoms with van der Waals surface area (Å²) in [4.78, 5) is 12.1. The van der Waals surface area contributed by atoms with Gasteiger partial charge in [-0.05, 0) is 40.8 Å². The molecule has 0 saturated heterocycles. The first-order valence-electron chi connectivity index (χ1n) is 10.2. The highest BCUT2D eigenvalue weighted by Gasteiger charge is 2.28. The van der Waals surface area contributed by atoms with Crippen LogP contribution in [0.5, 0.6) is 0 Å². The minimum absolute atomic E-state index is 0.0118. The van der Waals surface area contributed by atoms with Crippen LogP contribution in [-0.2, 0) is 4.74 Å². The molecule has 1 aliphatic carbocycles. The van der Waals surface area contributed by atoms with Crippen molar-refractivity contribution in [1.29, 1.82) is 5.26 Å². The summed E-state index contributed by atoms with van der Waals surface area (Å²) in [7, 11) is 0. The number of nitriles is 1. The van der Waals surface area contributed by atoms with E-state index >= 15 is 0 Å². The highest BCUT2D eigenvalue weighted by Crippen LogP contribution is 2.44. The summed E-state index contributed by atoms with van der Waals surface area (Å²) in [5, 5.41) is 11.4. The van der Waals surface area contributed by atoms with Gasteiger partial charge in [0.15, 0.2) is 0 Å². The Balaban J connectivity index is 1.28. The smallest absolute Gasteiger partial charge is 0.407 e. The average molecular weight is 430 g/mol. The monoisotopic (exact) mass is 430 g/mol. The van der Waals surface area contributed by atoms with E-state index in [0.29, 0.717) is 6.42 Å². The van der Waals surface area contributed by atoms with Crippen LogP contribution < -0.4 is 5.32 Å². The SMILES string of the molecule is N#Cc1cc(F)c(C=CCCNC(=O)OCC2c3ccccc3-c3ccccc32)cc1F. The van der Waals surface area contributed by atoms with E-state index in [9.17, 15) is 13.6 Å². The third-order valence-electron chi connectivity index (χ3n) is 5.43. The van der Waals surface area contributed by atoms with Gasteiger partial charge in [-0.15, -0.1) is 0 Å². The number of alkyl carbamates (subject to hydrolysis) is 1. The quantitative estimate of drug-likeness (QED) is 0.505. The molecule has 0 spiro atoms. The fourth-order valence-electron chi connectivity index (χ4n) is 3.89. The van der Waals surface area contributed by atoms with Crippen LogP contribution in [-0.4, -0.2) is 19.2 Å². The van der Waals surface area contributed by atoms with Gasteiger partial charge in [0.25, 0.3) is 0 Å². The molecule has 0 heterocycles. The number of benzene rings is 3. The molecule has 32 heavy (non-hydrogen) atoms. The number of hydrogen-bond acceptors (Lipinski definition) is 3. The second-order valence-electron chi connectivity index (χ2n) is 7.41. The zero-order valence-corrected chi connectivity index (χ0v) is 17.1. The van der Waals surface area contributed by atoms with Gasteiger partial charge >= 0.3 is 6.09 Å². The Labute approximate surface area is 184 Å². The summed E-state index contributed by atoms with van der Waals surface area (Å²) < 4.78 is 32.9. The Bertz CT molecular complexity index is 1190. The van der Waals surface area contributed by atoms with Crippen molar-refractivity contribution in [3.05, 3.63) is 101 Å². The van der Waals surface area contributed by atoms with E-state index in [1.54, 1.807) is 12.1 Å². The normalized spacial score (nSPS) is 12.3. The van der Waals surface area contributed by atoms with Gasteiger partial charge in [0.1, 0.15) is 24.3 Å². The molecule has 1 amide bonds. The Kier molecular flexibility index (Phi) is 6.27. The van der Waals surface area contributed by atoms with Crippen LogP contribution in [0.4, 0.5) is 13.6 Å². The second-order valence-corrected chi connectivity index (χ2v) is 7.41. The fraction of sp³-hybridized carbons (Fsp3) is 0.154. The van der Waals surface area contributed by atoms with E-state index < -0.39 is 17.7 Å². The lowest BCUT2D eigenvalue weighted by Crippen LogP contribution is -2.26. The van der Waals surface area contributed by atoms with E-state index in [1.807, 2.05) is 24.3 Å². The first-order valence-corrected chi connectivity index (χ1v) is 10.2. The number of fused-ring (bicyclic) bond motifs is 3. The number of carbonyl (C=O) groups is 1. The fourth-order valence-corrected chi connectivity index (χ4v) is 3.89. The molecule has 0 saturated carbocycles. The number of halogens is 2. The van der Waals surface area contributed by atoms with Crippen molar-refractivity contribution in [2.24, 2.45) is 0 Å². The van der Waals surface area contributed by atoms with Crippen molar-refractivity contribution in [2.45, 2.75) is 12.3 Å². The number of nitrogens with zero attached hydrogens (tertiary/aromatic N) is 1. The van der Waals surface area contributed by atoms with E-state index in [1.165, 1.54) is 6.08 Å². The van der Waals surface area contributed by atoms with Crippen LogP contribution in [0.3, 0.4) is 0 Å². The number of amides is 1. The molecule has 160 valence electrons. The zero-order valence-electron chi connectivity index (χ0n) is 17.1. The molecular weight excluding hydrogens is 410 g/mol. The Hall–Kier alpha value is -3.98. The first kappa shape index (κ1) is 21.3. The minimum Gasteiger partial charge on any atom is -0.449 e. The van der Waals surface area contributed by atoms with Gasteiger partial charge in [0, 0.05) is 18.0 Å². The molecule has 1 aliphatic rings. The van der Waals surface area contributed by atoms with Gasteiger partial charge in [-0.1, -0.05) is 60.7 Å². The van der Waals surface area contributed by atoms with Crippen molar-refractivity contribution >= 4 is 12.2 Å². The molecule has 4 nitrogen and oxygen atoms in total. The predicted octanol–water partition coefficient (Wildman–Crippen LogP) is 5.78. The number of hydrogen-bond donors (Lipinski definition) is 1. The largest absolute Gasteiger partial charge is 0.449 e. The molecule has 4 rings (SSSR count). The lowest BCUT2D eigenvalue weighted by molar-refractivity contribution is 0.143. The Morgan fingerprint density at radius 1 is 1.03 bits per heavy atom. The van der Waals surface area contributed by atoms with E-state index in [2.05, 4.69) is 29.6 Å². The summed E-state index contributed by atoms with van der Waals surface area (Å²) in [5.41, 5.74) is 4.31. The molecular formula is C26H20F2N2O2. The van der Waals surface area contributed by atoms with Crippen LogP contribution in [0.25, 0.3) is 17.2 Å². The third-order valence-corrected chi connectivity index (χ3v) is 5.43. The van der Waals surface area contributed by atoms with Gasteiger partial charge in [-0.25, -0.2) is 13.6 Å². The molecule has 0 atom stereocenters. The van der Waals surface area contributed by atoms with Gasteiger partial charge in [0.2, 0.25) is 0 Å². The van der Waals surface area contributed by atoms with Gasteiger partial charge < -0.3 is 10.1 Å². The number of nitrogens with one attached hydrogen (secondary N) is 1. The zero-order chi connectivity index (χ0) is 22.5. The molecule has 3 aromatic carbocycles. The van der Waals surface area contributed by atoms with E-state index in [0.717, 1.165) is 34.4 Å². The lowest BCUT2D eigenvalue weighted by atomic mass is 9.98. The van der Waals surface area contributed by atoms with Crippen LogP contribution in [0.2, 0.25) is 0 Å². The number of ether oxygens (including phenoxy) is 1. The molecule has 3 aromatic rings. The molecule has 1 N–H and O–H groups in total. The Morgan fingerprint density at radius 2 is 1.69 bits per heavy atom. The van der Waals surface area contributed by atoms with Crippen molar-refractivity contribution in [2.75, 3.05) is 13.2 Å². The van der Waals surface area contributed by atoms with Crippen molar-refractivity contribution < 1.29 is 18.3 Å². The summed E-state index contributed by atoms with van der Waals surface area (Å²) in [5.74, 6) is -1.46. The van der Waals surface area contributed by atoms with Gasteiger partial charge in [0.05, 0.1) is 5.56 Å².